The summed E-state index contributed by atoms with van der Waals surface area (Å²) in [6, 6.07) is -0.334. The Balaban J connectivity index is 2.28. The normalized spacial score (nSPS) is 22.1. The number of nitrogens with one attached hydrogen (secondary N) is 2. The second-order valence-corrected chi connectivity index (χ2v) is 4.07. The Bertz CT molecular complexity index is 362. The minimum Gasteiger partial charge on any atom is -0.353 e. The van der Waals surface area contributed by atoms with Crippen LogP contribution in [0.5, 0.6) is 0 Å². The molecule has 1 atom stereocenters. The van der Waals surface area contributed by atoms with Crippen molar-refractivity contribution in [3.63, 3.8) is 0 Å². The summed E-state index contributed by atoms with van der Waals surface area (Å²) in [7, 11) is 1.83. The van der Waals surface area contributed by atoms with Gasteiger partial charge in [0.1, 0.15) is 11.7 Å². The van der Waals surface area contributed by atoms with Gasteiger partial charge in [0, 0.05) is 26.3 Å². The minimum atomic E-state index is -0.334. The average molecular weight is 259 g/mol. The highest BCUT2D eigenvalue weighted by molar-refractivity contribution is 9.10. The summed E-state index contributed by atoms with van der Waals surface area (Å²) in [5.41, 5.74) is 0.740. The highest BCUT2D eigenvalue weighted by Gasteiger charge is 2.27. The first kappa shape index (κ1) is 9.67. The lowest BCUT2D eigenvalue weighted by molar-refractivity contribution is -0.124. The van der Waals surface area contributed by atoms with Crippen molar-refractivity contribution in [2.75, 3.05) is 13.1 Å². The fourth-order valence-corrected chi connectivity index (χ4v) is 2.09. The van der Waals surface area contributed by atoms with Crippen molar-refractivity contribution in [1.82, 2.24) is 20.4 Å². The van der Waals surface area contributed by atoms with Crippen LogP contribution in [0.25, 0.3) is 0 Å². The fraction of sp³-hybridized carbons (Fsp3) is 0.500. The standard InChI is InChI=1S/C8H11BrN4O/c1-13-4-5(9)6(12-13)7-8(14)11-3-2-10-7/h4,7,10H,2-3H2,1H3,(H,11,14). The van der Waals surface area contributed by atoms with Gasteiger partial charge >= 0.3 is 0 Å². The summed E-state index contributed by atoms with van der Waals surface area (Å²) in [5.74, 6) is -0.0179. The molecule has 1 aliphatic heterocycles. The third-order valence-corrected chi connectivity index (χ3v) is 2.73. The van der Waals surface area contributed by atoms with E-state index in [0.29, 0.717) is 6.54 Å². The Morgan fingerprint density at radius 3 is 3.00 bits per heavy atom. The van der Waals surface area contributed by atoms with Gasteiger partial charge in [-0.25, -0.2) is 0 Å². The quantitative estimate of drug-likeness (QED) is 0.743. The number of rotatable bonds is 1. The van der Waals surface area contributed by atoms with Crippen LogP contribution in [0.15, 0.2) is 10.7 Å². The first-order chi connectivity index (χ1) is 6.68. The van der Waals surface area contributed by atoms with E-state index in [4.69, 9.17) is 0 Å². The van der Waals surface area contributed by atoms with Crippen molar-refractivity contribution < 1.29 is 4.79 Å². The van der Waals surface area contributed by atoms with Crippen LogP contribution in [0.1, 0.15) is 11.7 Å². The van der Waals surface area contributed by atoms with Crippen LogP contribution < -0.4 is 10.6 Å². The summed E-state index contributed by atoms with van der Waals surface area (Å²) in [6.45, 7) is 1.46. The number of nitrogens with zero attached hydrogens (tertiary/aromatic N) is 2. The molecule has 2 N–H and O–H groups in total. The van der Waals surface area contributed by atoms with Gasteiger partial charge in [0.25, 0.3) is 0 Å². The summed E-state index contributed by atoms with van der Waals surface area (Å²) in [6.07, 6.45) is 1.83. The molecule has 0 spiro atoms. The number of hydrogen-bond donors (Lipinski definition) is 2. The number of halogens is 1. The summed E-state index contributed by atoms with van der Waals surface area (Å²) in [5, 5.41) is 10.1. The lowest BCUT2D eigenvalue weighted by Gasteiger charge is -2.22. The number of piperazine rings is 1. The molecule has 1 aromatic heterocycles. The van der Waals surface area contributed by atoms with E-state index in [2.05, 4.69) is 31.7 Å². The Hall–Kier alpha value is -0.880. The van der Waals surface area contributed by atoms with E-state index in [0.717, 1.165) is 16.7 Å². The molecule has 1 aromatic rings. The van der Waals surface area contributed by atoms with Crippen molar-refractivity contribution in [3.8, 4) is 0 Å². The molecular weight excluding hydrogens is 248 g/mol. The molecule has 14 heavy (non-hydrogen) atoms. The largest absolute Gasteiger partial charge is 0.353 e. The predicted octanol–water partition coefficient (Wildman–Crippen LogP) is -0.0569. The minimum absolute atomic E-state index is 0.0179. The van der Waals surface area contributed by atoms with E-state index in [1.165, 1.54) is 0 Å². The van der Waals surface area contributed by atoms with Gasteiger partial charge in [-0.15, -0.1) is 0 Å². The number of aryl methyl sites for hydroxylation is 1. The third kappa shape index (κ3) is 1.67. The summed E-state index contributed by atoms with van der Waals surface area (Å²) < 4.78 is 2.54. The number of carbonyl (C=O) groups excluding carboxylic acids is 1. The first-order valence-electron chi connectivity index (χ1n) is 4.38. The second kappa shape index (κ2) is 3.70. The molecule has 0 radical (unpaired) electrons. The number of hydrogen-bond acceptors (Lipinski definition) is 3. The molecule has 6 heteroatoms. The Morgan fingerprint density at radius 1 is 1.64 bits per heavy atom. The maximum absolute atomic E-state index is 11.5. The lowest BCUT2D eigenvalue weighted by Crippen LogP contribution is -2.47. The van der Waals surface area contributed by atoms with Gasteiger partial charge in [-0.1, -0.05) is 0 Å². The molecule has 0 aliphatic carbocycles. The number of amides is 1. The Morgan fingerprint density at radius 2 is 2.43 bits per heavy atom. The van der Waals surface area contributed by atoms with Crippen LogP contribution in [-0.4, -0.2) is 28.8 Å². The SMILES string of the molecule is Cn1cc(Br)c(C2NCCNC2=O)n1. The number of aromatic nitrogens is 2. The van der Waals surface area contributed by atoms with Crippen molar-refractivity contribution in [2.24, 2.45) is 7.05 Å². The van der Waals surface area contributed by atoms with Crippen molar-refractivity contribution >= 4 is 21.8 Å². The zero-order valence-electron chi connectivity index (χ0n) is 7.75. The van der Waals surface area contributed by atoms with Crippen LogP contribution in [0, 0.1) is 0 Å². The van der Waals surface area contributed by atoms with E-state index in [1.54, 1.807) is 4.68 Å². The van der Waals surface area contributed by atoms with E-state index in [-0.39, 0.29) is 11.9 Å². The molecule has 1 fully saturated rings. The summed E-state index contributed by atoms with van der Waals surface area (Å²) in [4.78, 5) is 11.5. The third-order valence-electron chi connectivity index (χ3n) is 2.12. The summed E-state index contributed by atoms with van der Waals surface area (Å²) >= 11 is 3.38. The van der Waals surface area contributed by atoms with Crippen molar-refractivity contribution in [2.45, 2.75) is 6.04 Å². The second-order valence-electron chi connectivity index (χ2n) is 3.21. The molecule has 1 unspecified atom stereocenters. The molecule has 0 aromatic carbocycles. The van der Waals surface area contributed by atoms with E-state index in [1.807, 2.05) is 13.2 Å². The van der Waals surface area contributed by atoms with Crippen LogP contribution in [-0.2, 0) is 11.8 Å². The molecule has 1 saturated heterocycles. The molecule has 1 aliphatic rings. The van der Waals surface area contributed by atoms with Crippen LogP contribution in [0.4, 0.5) is 0 Å². The molecule has 0 bridgehead atoms. The van der Waals surface area contributed by atoms with Crippen LogP contribution in [0.3, 0.4) is 0 Å². The molecule has 0 saturated carbocycles. The highest BCUT2D eigenvalue weighted by Crippen LogP contribution is 2.22. The molecule has 5 nitrogen and oxygen atoms in total. The van der Waals surface area contributed by atoms with Gasteiger partial charge in [-0.3, -0.25) is 14.8 Å². The molecular formula is C8H11BrN4O. The van der Waals surface area contributed by atoms with Gasteiger partial charge in [0.05, 0.1) is 4.47 Å². The molecule has 1 amide bonds. The predicted molar refractivity (Wildman–Crippen MR) is 54.7 cm³/mol. The Labute approximate surface area is 90.0 Å². The fourth-order valence-electron chi connectivity index (χ4n) is 1.49. The van der Waals surface area contributed by atoms with Crippen molar-refractivity contribution in [1.29, 1.82) is 0 Å². The van der Waals surface area contributed by atoms with Gasteiger partial charge < -0.3 is 5.32 Å². The van der Waals surface area contributed by atoms with Crippen molar-refractivity contribution in [3.05, 3.63) is 16.4 Å². The first-order valence-corrected chi connectivity index (χ1v) is 5.18. The molecule has 2 heterocycles. The van der Waals surface area contributed by atoms with Gasteiger partial charge in [0.2, 0.25) is 5.91 Å². The average Bonchev–Trinajstić information content (AvgIpc) is 2.46. The van der Waals surface area contributed by atoms with E-state index < -0.39 is 0 Å². The molecule has 76 valence electrons. The maximum Gasteiger partial charge on any atom is 0.243 e. The van der Waals surface area contributed by atoms with E-state index in [9.17, 15) is 4.79 Å². The maximum atomic E-state index is 11.5. The van der Waals surface area contributed by atoms with E-state index >= 15 is 0 Å². The zero-order valence-corrected chi connectivity index (χ0v) is 9.34. The molecule has 2 rings (SSSR count). The van der Waals surface area contributed by atoms with Crippen LogP contribution in [0.2, 0.25) is 0 Å². The van der Waals surface area contributed by atoms with Crippen LogP contribution >= 0.6 is 15.9 Å². The Kier molecular flexibility index (Phi) is 2.56. The number of carbonyl (C=O) groups is 1. The smallest absolute Gasteiger partial charge is 0.243 e. The lowest BCUT2D eigenvalue weighted by atomic mass is 10.1. The van der Waals surface area contributed by atoms with Gasteiger partial charge in [-0.05, 0) is 15.9 Å². The van der Waals surface area contributed by atoms with Gasteiger partial charge in [0.15, 0.2) is 0 Å². The zero-order chi connectivity index (χ0) is 10.1. The highest BCUT2D eigenvalue weighted by atomic mass is 79.9. The monoisotopic (exact) mass is 258 g/mol. The topological polar surface area (TPSA) is 59.0 Å². The van der Waals surface area contributed by atoms with Gasteiger partial charge in [-0.2, -0.15) is 5.10 Å².